The summed E-state index contributed by atoms with van der Waals surface area (Å²) in [6.45, 7) is -0.630. The van der Waals surface area contributed by atoms with Gasteiger partial charge in [-0.15, -0.1) is 0 Å². The second-order valence-corrected chi connectivity index (χ2v) is 7.28. The lowest BCUT2D eigenvalue weighted by Gasteiger charge is -2.32. The van der Waals surface area contributed by atoms with Crippen molar-refractivity contribution in [3.63, 3.8) is 0 Å². The molecule has 3 aromatic rings. The van der Waals surface area contributed by atoms with Crippen LogP contribution >= 0.6 is 0 Å². The van der Waals surface area contributed by atoms with Crippen LogP contribution in [-0.2, 0) is 16.9 Å². The summed E-state index contributed by atoms with van der Waals surface area (Å²) < 4.78 is 29.1. The maximum atomic E-state index is 14.5. The average molecular weight is 446 g/mol. The molecule has 0 aliphatic rings. The molecule has 0 spiro atoms. The molecule has 10 nitrogen and oxygen atoms in total. The van der Waals surface area contributed by atoms with E-state index in [1.54, 1.807) is 0 Å². The van der Waals surface area contributed by atoms with E-state index in [0.29, 0.717) is 6.07 Å². The summed E-state index contributed by atoms with van der Waals surface area (Å²) in [5.41, 5.74) is -1.97. The molecule has 0 saturated carbocycles. The lowest BCUT2D eigenvalue weighted by molar-refractivity contribution is -0.384. The predicted octanol–water partition coefficient (Wildman–Crippen LogP) is 1.92. The number of halogens is 2. The van der Waals surface area contributed by atoms with E-state index in [9.17, 15) is 28.8 Å². The monoisotopic (exact) mass is 446 g/mol. The Bertz CT molecular complexity index is 1110. The molecule has 1 amide bonds. The van der Waals surface area contributed by atoms with Crippen molar-refractivity contribution in [2.24, 2.45) is 0 Å². The summed E-state index contributed by atoms with van der Waals surface area (Å²) in [5.74, 6) is -2.24. The van der Waals surface area contributed by atoms with Gasteiger partial charge < -0.3 is 10.4 Å². The van der Waals surface area contributed by atoms with E-state index >= 15 is 0 Å². The van der Waals surface area contributed by atoms with Gasteiger partial charge in [0.1, 0.15) is 29.9 Å². The molecule has 12 heteroatoms. The van der Waals surface area contributed by atoms with Crippen LogP contribution in [-0.4, -0.2) is 55.7 Å². The van der Waals surface area contributed by atoms with Crippen molar-refractivity contribution in [2.45, 2.75) is 12.1 Å². The van der Waals surface area contributed by atoms with Crippen molar-refractivity contribution in [3.05, 3.63) is 82.4 Å². The highest BCUT2D eigenvalue weighted by Crippen LogP contribution is 2.27. The molecule has 1 unspecified atom stereocenters. The van der Waals surface area contributed by atoms with E-state index in [0.717, 1.165) is 12.1 Å². The minimum absolute atomic E-state index is 0.166. The van der Waals surface area contributed by atoms with Crippen molar-refractivity contribution in [1.29, 1.82) is 0 Å². The molecule has 1 aromatic heterocycles. The molecule has 2 aromatic carbocycles. The summed E-state index contributed by atoms with van der Waals surface area (Å²) in [7, 11) is 1.53. The molecule has 168 valence electrons. The minimum Gasteiger partial charge on any atom is -0.382 e. The summed E-state index contributed by atoms with van der Waals surface area (Å²) in [4.78, 5) is 27.9. The number of nitrogens with one attached hydrogen (secondary N) is 1. The number of carbonyl (C=O) groups is 1. The molecule has 0 aliphatic carbocycles. The van der Waals surface area contributed by atoms with Crippen molar-refractivity contribution in [1.82, 2.24) is 19.7 Å². The number of amides is 1. The van der Waals surface area contributed by atoms with Crippen molar-refractivity contribution >= 4 is 17.3 Å². The first kappa shape index (κ1) is 22.9. The molecule has 1 heterocycles. The largest absolute Gasteiger partial charge is 0.382 e. The Kier molecular flexibility index (Phi) is 6.85. The highest BCUT2D eigenvalue weighted by atomic mass is 19.1. The number of nitro benzene ring substituents is 1. The van der Waals surface area contributed by atoms with Crippen LogP contribution in [0.25, 0.3) is 0 Å². The zero-order valence-electron chi connectivity index (χ0n) is 17.0. The Morgan fingerprint density at radius 2 is 2.09 bits per heavy atom. The van der Waals surface area contributed by atoms with Gasteiger partial charge in [-0.25, -0.2) is 18.4 Å². The molecular formula is C20H20F2N6O4. The Hall–Kier alpha value is -3.77. The molecule has 2 N–H and O–H groups in total. The fourth-order valence-corrected chi connectivity index (χ4v) is 3.31. The van der Waals surface area contributed by atoms with Gasteiger partial charge in [-0.2, -0.15) is 5.10 Å². The van der Waals surface area contributed by atoms with E-state index in [1.165, 1.54) is 53.5 Å². The quantitative estimate of drug-likeness (QED) is 0.380. The van der Waals surface area contributed by atoms with E-state index in [1.807, 2.05) is 0 Å². The van der Waals surface area contributed by atoms with E-state index in [-0.39, 0.29) is 36.6 Å². The normalized spacial score (nSPS) is 13.0. The van der Waals surface area contributed by atoms with Crippen LogP contribution in [0.5, 0.6) is 0 Å². The molecule has 1 atom stereocenters. The van der Waals surface area contributed by atoms with Crippen molar-refractivity contribution < 1.29 is 23.6 Å². The van der Waals surface area contributed by atoms with Gasteiger partial charge >= 0.3 is 0 Å². The predicted molar refractivity (Wildman–Crippen MR) is 109 cm³/mol. The third-order valence-electron chi connectivity index (χ3n) is 4.61. The lowest BCUT2D eigenvalue weighted by Crippen LogP contribution is -2.45. The maximum Gasteiger partial charge on any atom is 0.271 e. The van der Waals surface area contributed by atoms with Crippen molar-refractivity contribution in [2.75, 3.05) is 25.5 Å². The van der Waals surface area contributed by atoms with Gasteiger partial charge in [0, 0.05) is 36.0 Å². The number of carbonyl (C=O) groups excluding carboxylic acids is 1. The van der Waals surface area contributed by atoms with Crippen LogP contribution in [0.4, 0.5) is 20.2 Å². The van der Waals surface area contributed by atoms with E-state index < -0.39 is 28.1 Å². The Labute approximate surface area is 181 Å². The highest BCUT2D eigenvalue weighted by Gasteiger charge is 2.35. The smallest absolute Gasteiger partial charge is 0.271 e. The SMILES string of the molecule is CN(CC(=O)Nc1cccc([N+](=O)[O-])c1)CC(O)(Cn1cncn1)c1ccc(F)cc1F. The Morgan fingerprint density at radius 3 is 2.75 bits per heavy atom. The molecule has 32 heavy (non-hydrogen) atoms. The summed E-state index contributed by atoms with van der Waals surface area (Å²) >= 11 is 0. The molecule has 0 saturated heterocycles. The van der Waals surface area contributed by atoms with E-state index in [2.05, 4.69) is 15.4 Å². The lowest BCUT2D eigenvalue weighted by atomic mass is 9.92. The van der Waals surface area contributed by atoms with Gasteiger partial charge in [-0.1, -0.05) is 12.1 Å². The minimum atomic E-state index is -1.87. The zero-order valence-corrected chi connectivity index (χ0v) is 17.0. The van der Waals surface area contributed by atoms with Gasteiger partial charge in [0.15, 0.2) is 0 Å². The number of benzene rings is 2. The van der Waals surface area contributed by atoms with Gasteiger partial charge in [0.05, 0.1) is 18.0 Å². The Morgan fingerprint density at radius 1 is 1.31 bits per heavy atom. The first-order chi connectivity index (χ1) is 15.2. The standard InChI is InChI=1S/C20H20F2N6O4/c1-26(9-19(29)25-15-3-2-4-16(8-15)28(31)32)10-20(30,11-27-13-23-12-24-27)17-6-5-14(21)7-18(17)22/h2-8,12-13,30H,9-11H2,1H3,(H,25,29). The maximum absolute atomic E-state index is 14.5. The molecule has 3 rings (SSSR count). The second-order valence-electron chi connectivity index (χ2n) is 7.28. The van der Waals surface area contributed by atoms with Crippen LogP contribution < -0.4 is 5.32 Å². The number of non-ortho nitro benzene ring substituents is 1. The molecule has 0 aliphatic heterocycles. The second kappa shape index (κ2) is 9.58. The topological polar surface area (TPSA) is 126 Å². The number of rotatable bonds is 9. The molecule has 0 radical (unpaired) electrons. The first-order valence-electron chi connectivity index (χ1n) is 9.39. The summed E-state index contributed by atoms with van der Waals surface area (Å²) in [5, 5.41) is 28.6. The van der Waals surface area contributed by atoms with Crippen LogP contribution in [0.1, 0.15) is 5.56 Å². The number of aromatic nitrogens is 3. The molecule has 0 fully saturated rings. The number of hydrogen-bond acceptors (Lipinski definition) is 7. The third-order valence-corrected chi connectivity index (χ3v) is 4.61. The van der Waals surface area contributed by atoms with Crippen LogP contribution in [0, 0.1) is 21.7 Å². The van der Waals surface area contributed by atoms with Gasteiger partial charge in [-0.05, 0) is 19.2 Å². The summed E-state index contributed by atoms with van der Waals surface area (Å²) in [6.07, 6.45) is 2.58. The number of nitrogens with zero attached hydrogens (tertiary/aromatic N) is 5. The number of anilines is 1. The number of likely N-dealkylation sites (N-methyl/N-ethyl adjacent to an activating group) is 1. The fourth-order valence-electron chi connectivity index (χ4n) is 3.31. The van der Waals surface area contributed by atoms with Gasteiger partial charge in [0.2, 0.25) is 5.91 Å². The van der Waals surface area contributed by atoms with Crippen LogP contribution in [0.3, 0.4) is 0 Å². The van der Waals surface area contributed by atoms with Crippen LogP contribution in [0.2, 0.25) is 0 Å². The third kappa shape index (κ3) is 5.68. The fraction of sp³-hybridized carbons (Fsp3) is 0.250. The molecular weight excluding hydrogens is 426 g/mol. The van der Waals surface area contributed by atoms with Crippen molar-refractivity contribution in [3.8, 4) is 0 Å². The molecule has 0 bridgehead atoms. The number of nitro groups is 1. The van der Waals surface area contributed by atoms with Gasteiger partial charge in [0.25, 0.3) is 5.69 Å². The number of aliphatic hydroxyl groups is 1. The number of hydrogen-bond donors (Lipinski definition) is 2. The van der Waals surface area contributed by atoms with Crippen LogP contribution in [0.15, 0.2) is 55.1 Å². The Balaban J connectivity index is 1.74. The van der Waals surface area contributed by atoms with Gasteiger partial charge in [-0.3, -0.25) is 19.8 Å². The first-order valence-corrected chi connectivity index (χ1v) is 9.39. The summed E-state index contributed by atoms with van der Waals surface area (Å²) in [6, 6.07) is 8.27. The zero-order chi connectivity index (χ0) is 23.3. The highest BCUT2D eigenvalue weighted by molar-refractivity contribution is 5.92. The van der Waals surface area contributed by atoms with E-state index in [4.69, 9.17) is 0 Å². The average Bonchev–Trinajstić information content (AvgIpc) is 3.20.